The predicted molar refractivity (Wildman–Crippen MR) is 111 cm³/mol. The van der Waals surface area contributed by atoms with Crippen LogP contribution in [0.2, 0.25) is 0 Å². The first-order valence-corrected chi connectivity index (χ1v) is 9.36. The zero-order chi connectivity index (χ0) is 20.8. The number of hydrogen-bond acceptors (Lipinski definition) is 4. The second kappa shape index (κ2) is 6.90. The summed E-state index contributed by atoms with van der Waals surface area (Å²) in [7, 11) is 0. The average Bonchev–Trinajstić information content (AvgIpc) is 2.68. The van der Waals surface area contributed by atoms with Crippen molar-refractivity contribution in [1.82, 2.24) is 4.98 Å². The molecule has 3 heterocycles. The third-order valence-corrected chi connectivity index (χ3v) is 4.97. The molecule has 2 aliphatic rings. The maximum atomic E-state index is 12.8. The van der Waals surface area contributed by atoms with Gasteiger partial charge in [-0.2, -0.15) is 0 Å². The van der Waals surface area contributed by atoms with Crippen molar-refractivity contribution >= 4 is 11.6 Å². The van der Waals surface area contributed by atoms with Crippen LogP contribution in [0.4, 0.5) is 5.69 Å². The molecule has 6 bridgehead atoms. The van der Waals surface area contributed by atoms with Crippen molar-refractivity contribution in [3.05, 3.63) is 81.8 Å². The maximum absolute atomic E-state index is 12.8. The molecule has 1 aromatic heterocycles. The summed E-state index contributed by atoms with van der Waals surface area (Å²) in [6.07, 6.45) is 0.403. The van der Waals surface area contributed by atoms with E-state index in [9.17, 15) is 14.7 Å². The molecular formula is C23H22N2O4. The summed E-state index contributed by atoms with van der Waals surface area (Å²) in [6, 6.07) is 13.9. The summed E-state index contributed by atoms with van der Waals surface area (Å²) in [5.74, 6) is -0.0140. The molecule has 148 valence electrons. The third-order valence-electron chi connectivity index (χ3n) is 4.97. The predicted octanol–water partition coefficient (Wildman–Crippen LogP) is 3.98. The van der Waals surface area contributed by atoms with Gasteiger partial charge in [-0.05, 0) is 34.7 Å². The molecule has 0 aliphatic carbocycles. The first-order chi connectivity index (χ1) is 13.7. The van der Waals surface area contributed by atoms with Gasteiger partial charge in [-0.15, -0.1) is 0 Å². The van der Waals surface area contributed by atoms with E-state index in [1.807, 2.05) is 39.0 Å². The van der Waals surface area contributed by atoms with Crippen LogP contribution in [0.5, 0.6) is 5.75 Å². The van der Waals surface area contributed by atoms with Crippen molar-refractivity contribution in [1.29, 1.82) is 0 Å². The number of aliphatic hydroxyl groups excluding tert-OH is 1. The number of nitrogens with one attached hydrogen (secondary N) is 2. The van der Waals surface area contributed by atoms with Gasteiger partial charge >= 0.3 is 0 Å². The number of hydrogen-bond donors (Lipinski definition) is 3. The quantitative estimate of drug-likeness (QED) is 0.542. The number of fused-ring (bicyclic) bond motifs is 4. The van der Waals surface area contributed by atoms with Crippen LogP contribution in [0.15, 0.2) is 59.5 Å². The van der Waals surface area contributed by atoms with Gasteiger partial charge in [0, 0.05) is 22.9 Å². The van der Waals surface area contributed by atoms with Gasteiger partial charge in [-0.25, -0.2) is 0 Å². The average molecular weight is 390 g/mol. The van der Waals surface area contributed by atoms with Crippen molar-refractivity contribution in [3.63, 3.8) is 0 Å². The largest absolute Gasteiger partial charge is 0.460 e. The SMILES string of the molecule is CC(C)(C)c1ccc2cc1OC(O)c1ccc(cc1)-c1c[nH]c(=O)c(c1)NC2=O. The number of H-pyrrole nitrogens is 1. The molecular weight excluding hydrogens is 368 g/mol. The molecule has 1 unspecified atom stereocenters. The normalized spacial score (nSPS) is 16.0. The zero-order valence-corrected chi connectivity index (χ0v) is 16.4. The summed E-state index contributed by atoms with van der Waals surface area (Å²) in [5.41, 5.74) is 2.87. The van der Waals surface area contributed by atoms with Crippen LogP contribution in [0.3, 0.4) is 0 Å². The van der Waals surface area contributed by atoms with E-state index in [1.165, 1.54) is 0 Å². The Kier molecular flexibility index (Phi) is 4.51. The highest BCUT2D eigenvalue weighted by Crippen LogP contribution is 2.35. The summed E-state index contributed by atoms with van der Waals surface area (Å²) in [6.45, 7) is 6.08. The van der Waals surface area contributed by atoms with E-state index in [0.29, 0.717) is 16.9 Å². The number of carbonyl (C=O) groups excluding carboxylic acids is 1. The fourth-order valence-electron chi connectivity index (χ4n) is 3.35. The minimum absolute atomic E-state index is 0.163. The molecule has 6 heteroatoms. The Bertz CT molecular complexity index is 1140. The van der Waals surface area contributed by atoms with Gasteiger partial charge in [0.2, 0.25) is 6.29 Å². The third kappa shape index (κ3) is 3.67. The van der Waals surface area contributed by atoms with Crippen LogP contribution in [0, 0.1) is 0 Å². The summed E-state index contributed by atoms with van der Waals surface area (Å²) in [5, 5.41) is 13.3. The van der Waals surface area contributed by atoms with Crippen LogP contribution in [0.1, 0.15) is 48.5 Å². The number of ether oxygens (including phenoxy) is 1. The standard InChI is InChI=1S/C23H22N2O4/c1-23(2,3)17-9-8-15-11-19(17)29-22(28)14-6-4-13(5-7-14)16-10-18(25-20(15)26)21(27)24-12-16/h4-12,22,28H,1-3H3,(H,24,27)(H,25,26). The van der Waals surface area contributed by atoms with Gasteiger partial charge < -0.3 is 20.1 Å². The lowest BCUT2D eigenvalue weighted by atomic mass is 9.85. The molecule has 0 fully saturated rings. The Hall–Kier alpha value is -3.38. The number of anilines is 1. The second-order valence-electron chi connectivity index (χ2n) is 8.14. The topological polar surface area (TPSA) is 91.4 Å². The van der Waals surface area contributed by atoms with Gasteiger partial charge in [-0.3, -0.25) is 9.59 Å². The zero-order valence-electron chi connectivity index (χ0n) is 16.4. The molecule has 6 nitrogen and oxygen atoms in total. The lowest BCUT2D eigenvalue weighted by Crippen LogP contribution is -2.21. The Morgan fingerprint density at radius 2 is 1.62 bits per heavy atom. The van der Waals surface area contributed by atoms with Gasteiger partial charge in [0.1, 0.15) is 11.4 Å². The van der Waals surface area contributed by atoms with E-state index in [0.717, 1.165) is 16.7 Å². The van der Waals surface area contributed by atoms with E-state index in [1.54, 1.807) is 36.5 Å². The smallest absolute Gasteiger partial charge is 0.271 e. The lowest BCUT2D eigenvalue weighted by Gasteiger charge is -2.25. The van der Waals surface area contributed by atoms with Crippen molar-refractivity contribution in [2.45, 2.75) is 32.5 Å². The Labute approximate surface area is 168 Å². The summed E-state index contributed by atoms with van der Waals surface area (Å²) in [4.78, 5) is 27.6. The van der Waals surface area contributed by atoms with Crippen LogP contribution in [0.25, 0.3) is 11.1 Å². The number of amides is 1. The summed E-state index contributed by atoms with van der Waals surface area (Å²) >= 11 is 0. The monoisotopic (exact) mass is 390 g/mol. The van der Waals surface area contributed by atoms with Gasteiger partial charge in [0.05, 0.1) is 0 Å². The molecule has 5 rings (SSSR count). The van der Waals surface area contributed by atoms with Crippen LogP contribution in [-0.4, -0.2) is 16.0 Å². The number of aromatic nitrogens is 1. The van der Waals surface area contributed by atoms with Gasteiger partial charge in [-0.1, -0.05) is 51.1 Å². The number of benzene rings is 2. The molecule has 29 heavy (non-hydrogen) atoms. The van der Waals surface area contributed by atoms with E-state index < -0.39 is 12.2 Å². The van der Waals surface area contributed by atoms with Gasteiger partial charge in [0.15, 0.2) is 0 Å². The molecule has 1 amide bonds. The van der Waals surface area contributed by atoms with Crippen molar-refractivity contribution in [2.24, 2.45) is 0 Å². The Balaban J connectivity index is 1.91. The van der Waals surface area contributed by atoms with E-state index in [-0.39, 0.29) is 16.7 Å². The molecule has 0 radical (unpaired) electrons. The van der Waals surface area contributed by atoms with E-state index in [2.05, 4.69) is 10.3 Å². The van der Waals surface area contributed by atoms with Crippen molar-refractivity contribution < 1.29 is 14.6 Å². The fourth-order valence-corrected chi connectivity index (χ4v) is 3.35. The molecule has 3 N–H and O–H groups in total. The number of aliphatic hydroxyl groups is 1. The molecule has 0 saturated heterocycles. The Morgan fingerprint density at radius 3 is 2.31 bits per heavy atom. The lowest BCUT2D eigenvalue weighted by molar-refractivity contribution is -0.0206. The van der Waals surface area contributed by atoms with Crippen molar-refractivity contribution in [3.8, 4) is 16.9 Å². The Morgan fingerprint density at radius 1 is 0.931 bits per heavy atom. The van der Waals surface area contributed by atoms with Crippen LogP contribution in [-0.2, 0) is 5.41 Å². The molecule has 3 aromatic rings. The first kappa shape index (κ1) is 19.0. The minimum Gasteiger partial charge on any atom is -0.460 e. The highest BCUT2D eigenvalue weighted by atomic mass is 16.6. The molecule has 2 aromatic carbocycles. The number of rotatable bonds is 0. The first-order valence-electron chi connectivity index (χ1n) is 9.36. The minimum atomic E-state index is -1.18. The highest BCUT2D eigenvalue weighted by molar-refractivity contribution is 6.04. The summed E-state index contributed by atoms with van der Waals surface area (Å²) < 4.78 is 5.87. The fraction of sp³-hybridized carbons (Fsp3) is 0.217. The highest BCUT2D eigenvalue weighted by Gasteiger charge is 2.23. The van der Waals surface area contributed by atoms with Gasteiger partial charge in [0.25, 0.3) is 11.5 Å². The van der Waals surface area contributed by atoms with Crippen molar-refractivity contribution in [2.75, 3.05) is 5.32 Å². The second-order valence-corrected chi connectivity index (χ2v) is 8.14. The number of aromatic amines is 1. The molecule has 1 atom stereocenters. The molecule has 0 spiro atoms. The van der Waals surface area contributed by atoms with E-state index >= 15 is 0 Å². The van der Waals surface area contributed by atoms with E-state index in [4.69, 9.17) is 4.74 Å². The maximum Gasteiger partial charge on any atom is 0.271 e. The molecule has 0 saturated carbocycles. The number of carbonyl (C=O) groups is 1. The molecule has 2 aliphatic heterocycles. The van der Waals surface area contributed by atoms with Crippen LogP contribution >= 0.6 is 0 Å². The number of pyridine rings is 1. The van der Waals surface area contributed by atoms with Crippen LogP contribution < -0.4 is 15.6 Å².